The van der Waals surface area contributed by atoms with Crippen molar-refractivity contribution in [1.29, 1.82) is 0 Å². The van der Waals surface area contributed by atoms with Gasteiger partial charge in [0, 0.05) is 22.9 Å². The lowest BCUT2D eigenvalue weighted by Gasteiger charge is -2.14. The molecule has 31 heavy (non-hydrogen) atoms. The van der Waals surface area contributed by atoms with Crippen molar-refractivity contribution in [2.75, 3.05) is 17.2 Å². The van der Waals surface area contributed by atoms with Gasteiger partial charge in [-0.2, -0.15) is 0 Å². The third-order valence-corrected chi connectivity index (χ3v) is 4.87. The molecule has 0 saturated carbocycles. The molecule has 0 bridgehead atoms. The highest BCUT2D eigenvalue weighted by molar-refractivity contribution is 6.09. The van der Waals surface area contributed by atoms with Gasteiger partial charge in [0.25, 0.3) is 5.69 Å². The van der Waals surface area contributed by atoms with Gasteiger partial charge in [0.1, 0.15) is 5.69 Å². The second-order valence-electron chi connectivity index (χ2n) is 7.36. The number of nitrogens with zero attached hydrogens (tertiary/aromatic N) is 1. The van der Waals surface area contributed by atoms with Crippen LogP contribution in [0, 0.1) is 30.9 Å². The molecule has 0 fully saturated rings. The molecule has 3 rings (SSSR count). The zero-order valence-corrected chi connectivity index (χ0v) is 17.6. The van der Waals surface area contributed by atoms with E-state index in [0.717, 1.165) is 22.4 Å². The van der Waals surface area contributed by atoms with E-state index in [1.54, 1.807) is 30.3 Å². The Labute approximate surface area is 180 Å². The van der Waals surface area contributed by atoms with Gasteiger partial charge in [-0.3, -0.25) is 19.7 Å². The van der Waals surface area contributed by atoms with Crippen LogP contribution in [0.5, 0.6) is 0 Å². The van der Waals surface area contributed by atoms with Crippen LogP contribution in [0.4, 0.5) is 17.1 Å². The fourth-order valence-electron chi connectivity index (χ4n) is 3.47. The molecule has 0 unspecified atom stereocenters. The summed E-state index contributed by atoms with van der Waals surface area (Å²) >= 11 is 0. The molecular formula is C24H23N3O4. The van der Waals surface area contributed by atoms with Gasteiger partial charge in [-0.05, 0) is 44.0 Å². The van der Waals surface area contributed by atoms with Gasteiger partial charge in [0.2, 0.25) is 5.91 Å². The first kappa shape index (κ1) is 21.7. The average Bonchev–Trinajstić information content (AvgIpc) is 2.74. The molecule has 0 aliphatic carbocycles. The number of hydrogen-bond acceptors (Lipinski definition) is 5. The molecule has 7 nitrogen and oxygen atoms in total. The van der Waals surface area contributed by atoms with E-state index >= 15 is 0 Å². The molecule has 3 aromatic rings. The lowest BCUT2D eigenvalue weighted by molar-refractivity contribution is -0.384. The lowest BCUT2D eigenvalue weighted by atomic mass is 10.0. The largest absolute Gasteiger partial charge is 0.371 e. The lowest BCUT2D eigenvalue weighted by Crippen LogP contribution is -2.23. The highest BCUT2D eigenvalue weighted by atomic mass is 16.6. The average molecular weight is 417 g/mol. The smallest absolute Gasteiger partial charge is 0.293 e. The van der Waals surface area contributed by atoms with Crippen molar-refractivity contribution in [2.45, 2.75) is 20.8 Å². The van der Waals surface area contributed by atoms with Crippen molar-refractivity contribution >= 4 is 28.8 Å². The molecular weight excluding hydrogens is 394 g/mol. The zero-order chi connectivity index (χ0) is 22.5. The highest BCUT2D eigenvalue weighted by Gasteiger charge is 2.19. The minimum absolute atomic E-state index is 0.153. The topological polar surface area (TPSA) is 101 Å². The summed E-state index contributed by atoms with van der Waals surface area (Å²) in [4.78, 5) is 36.0. The predicted octanol–water partition coefficient (Wildman–Crippen LogP) is 4.80. The molecule has 0 aromatic heterocycles. The van der Waals surface area contributed by atoms with Gasteiger partial charge in [0.05, 0.1) is 11.5 Å². The second kappa shape index (κ2) is 9.21. The Balaban J connectivity index is 1.75. The molecule has 0 radical (unpaired) electrons. The molecule has 2 N–H and O–H groups in total. The molecule has 1 amide bonds. The van der Waals surface area contributed by atoms with E-state index in [1.807, 2.05) is 32.9 Å². The van der Waals surface area contributed by atoms with Crippen LogP contribution in [0.25, 0.3) is 0 Å². The Morgan fingerprint density at radius 1 is 0.903 bits per heavy atom. The maximum Gasteiger partial charge on any atom is 0.293 e. The van der Waals surface area contributed by atoms with Gasteiger partial charge in [-0.25, -0.2) is 0 Å². The predicted molar refractivity (Wildman–Crippen MR) is 121 cm³/mol. The molecule has 158 valence electrons. The first-order valence-corrected chi connectivity index (χ1v) is 9.76. The summed E-state index contributed by atoms with van der Waals surface area (Å²) in [6, 6.07) is 16.7. The Morgan fingerprint density at radius 2 is 1.55 bits per heavy atom. The van der Waals surface area contributed by atoms with Gasteiger partial charge in [-0.1, -0.05) is 48.0 Å². The summed E-state index contributed by atoms with van der Waals surface area (Å²) in [5.41, 5.74) is 4.28. The number of hydrogen-bond donors (Lipinski definition) is 2. The van der Waals surface area contributed by atoms with E-state index in [1.165, 1.54) is 18.2 Å². The normalized spacial score (nSPS) is 10.4. The fraction of sp³-hybridized carbons (Fsp3) is 0.167. The summed E-state index contributed by atoms with van der Waals surface area (Å²) in [5.74, 6) is -0.632. The summed E-state index contributed by atoms with van der Waals surface area (Å²) in [6.07, 6.45) is 0. The number of nitrogens with one attached hydrogen (secondary N) is 2. The third-order valence-electron chi connectivity index (χ3n) is 4.87. The van der Waals surface area contributed by atoms with Crippen molar-refractivity contribution in [3.63, 3.8) is 0 Å². The molecule has 3 aromatic carbocycles. The number of carbonyl (C=O) groups excluding carboxylic acids is 2. The number of amides is 1. The quantitative estimate of drug-likeness (QED) is 0.327. The van der Waals surface area contributed by atoms with Crippen molar-refractivity contribution in [2.24, 2.45) is 0 Å². The van der Waals surface area contributed by atoms with Crippen LogP contribution in [-0.2, 0) is 4.79 Å². The van der Waals surface area contributed by atoms with Gasteiger partial charge in [0.15, 0.2) is 5.78 Å². The Morgan fingerprint density at radius 3 is 2.16 bits per heavy atom. The molecule has 0 heterocycles. The molecule has 0 saturated heterocycles. The van der Waals surface area contributed by atoms with Crippen LogP contribution in [-0.4, -0.2) is 23.2 Å². The fourth-order valence-corrected chi connectivity index (χ4v) is 3.47. The Hall–Kier alpha value is -4.00. The minimum Gasteiger partial charge on any atom is -0.371 e. The first-order chi connectivity index (χ1) is 14.8. The second-order valence-corrected chi connectivity index (χ2v) is 7.36. The van der Waals surface area contributed by atoms with E-state index in [9.17, 15) is 19.7 Å². The van der Waals surface area contributed by atoms with Crippen molar-refractivity contribution in [3.05, 3.63) is 98.6 Å². The maximum absolute atomic E-state index is 12.6. The Kier molecular flexibility index (Phi) is 6.45. The van der Waals surface area contributed by atoms with E-state index < -0.39 is 4.92 Å². The summed E-state index contributed by atoms with van der Waals surface area (Å²) in [7, 11) is 0. The van der Waals surface area contributed by atoms with E-state index in [2.05, 4.69) is 10.6 Å². The van der Waals surface area contributed by atoms with Gasteiger partial charge in [-0.15, -0.1) is 0 Å². The van der Waals surface area contributed by atoms with Crippen LogP contribution in [0.2, 0.25) is 0 Å². The van der Waals surface area contributed by atoms with Crippen molar-refractivity contribution in [3.8, 4) is 0 Å². The van der Waals surface area contributed by atoms with E-state index in [0.29, 0.717) is 5.56 Å². The monoisotopic (exact) mass is 417 g/mol. The number of nitro groups is 1. The summed E-state index contributed by atoms with van der Waals surface area (Å²) < 4.78 is 0. The van der Waals surface area contributed by atoms with Crippen LogP contribution >= 0.6 is 0 Å². The number of carbonyl (C=O) groups is 2. The third kappa shape index (κ3) is 5.14. The Bertz CT molecular complexity index is 1130. The molecule has 0 aliphatic rings. The van der Waals surface area contributed by atoms with Crippen LogP contribution < -0.4 is 10.6 Å². The van der Waals surface area contributed by atoms with Crippen molar-refractivity contribution in [1.82, 2.24) is 0 Å². The molecule has 7 heteroatoms. The number of nitro benzene ring substituents is 1. The minimum atomic E-state index is -0.573. The SMILES string of the molecule is Cc1cc(C)c(NC(=O)CNc2ccc(C(=O)c3ccccc3)cc2[N+](=O)[O-])c(C)c1. The van der Waals surface area contributed by atoms with E-state index in [4.69, 9.17) is 0 Å². The number of benzene rings is 3. The van der Waals surface area contributed by atoms with Crippen LogP contribution in [0.3, 0.4) is 0 Å². The zero-order valence-electron chi connectivity index (χ0n) is 17.6. The van der Waals surface area contributed by atoms with Crippen LogP contribution in [0.1, 0.15) is 32.6 Å². The van der Waals surface area contributed by atoms with E-state index in [-0.39, 0.29) is 35.2 Å². The van der Waals surface area contributed by atoms with Crippen molar-refractivity contribution < 1.29 is 14.5 Å². The molecule has 0 spiro atoms. The first-order valence-electron chi connectivity index (χ1n) is 9.76. The maximum atomic E-state index is 12.6. The standard InChI is InChI=1S/C24H23N3O4/c1-15-11-16(2)23(17(3)12-15)26-22(28)14-25-20-10-9-19(13-21(20)27(30)31)24(29)18-7-5-4-6-8-18/h4-13,25H,14H2,1-3H3,(H,26,28). The number of anilines is 2. The molecule has 0 atom stereocenters. The summed E-state index contributed by atoms with van der Waals surface area (Å²) in [5, 5.41) is 17.2. The number of ketones is 1. The highest BCUT2D eigenvalue weighted by Crippen LogP contribution is 2.27. The van der Waals surface area contributed by atoms with Gasteiger partial charge < -0.3 is 10.6 Å². The summed E-state index contributed by atoms with van der Waals surface area (Å²) in [6.45, 7) is 5.66. The number of rotatable bonds is 7. The van der Waals surface area contributed by atoms with Crippen LogP contribution in [0.15, 0.2) is 60.7 Å². The molecule has 0 aliphatic heterocycles. The number of aryl methyl sites for hydroxylation is 3. The van der Waals surface area contributed by atoms with Gasteiger partial charge >= 0.3 is 0 Å².